The predicted molar refractivity (Wildman–Crippen MR) is 66.4 cm³/mol. The Hall–Kier alpha value is -0.970. The average Bonchev–Trinajstić information content (AvgIpc) is 2.76. The van der Waals surface area contributed by atoms with Gasteiger partial charge in [-0.1, -0.05) is 13.8 Å². The first-order valence-electron chi connectivity index (χ1n) is 6.51. The minimum absolute atomic E-state index is 0.412. The van der Waals surface area contributed by atoms with Gasteiger partial charge in [0.1, 0.15) is 5.82 Å². The lowest BCUT2D eigenvalue weighted by atomic mass is 9.75. The molecule has 0 unspecified atom stereocenters. The fraction of sp³-hybridized carbons (Fsp3) is 0.769. The summed E-state index contributed by atoms with van der Waals surface area (Å²) in [5.41, 5.74) is 0.430. The van der Waals surface area contributed by atoms with E-state index < -0.39 is 6.55 Å². The van der Waals surface area contributed by atoms with Crippen molar-refractivity contribution in [1.29, 1.82) is 0 Å². The van der Waals surface area contributed by atoms with Crippen LogP contribution in [0.3, 0.4) is 0 Å². The minimum atomic E-state index is -2.51. The van der Waals surface area contributed by atoms with Crippen LogP contribution < -0.4 is 5.32 Å². The summed E-state index contributed by atoms with van der Waals surface area (Å²) < 4.78 is 26.2. The average molecular weight is 257 g/mol. The molecular formula is C13H21F2N3. The first-order chi connectivity index (χ1) is 8.48. The molecule has 0 aromatic carbocycles. The van der Waals surface area contributed by atoms with E-state index in [4.69, 9.17) is 0 Å². The third-order valence-electron chi connectivity index (χ3n) is 3.85. The van der Waals surface area contributed by atoms with Crippen molar-refractivity contribution in [2.24, 2.45) is 5.41 Å². The Morgan fingerprint density at radius 3 is 2.72 bits per heavy atom. The van der Waals surface area contributed by atoms with E-state index in [0.717, 1.165) is 17.4 Å². The van der Waals surface area contributed by atoms with Gasteiger partial charge in [-0.3, -0.25) is 4.57 Å². The molecular weight excluding hydrogens is 236 g/mol. The molecule has 1 saturated carbocycles. The smallest absolute Gasteiger partial charge is 0.307 e. The molecule has 0 bridgehead atoms. The van der Waals surface area contributed by atoms with E-state index in [1.54, 1.807) is 0 Å². The molecule has 2 rings (SSSR count). The second-order valence-electron chi connectivity index (χ2n) is 5.85. The second kappa shape index (κ2) is 5.34. The standard InChI is InChI=1S/C13H21F2N3/c1-13(2)5-3-10(4-6-13)17-9-11-16-7-8-18(11)12(14)15/h7-8,10,12,17H,3-6,9H2,1-2H3. The highest BCUT2D eigenvalue weighted by molar-refractivity contribution is 4.93. The molecule has 18 heavy (non-hydrogen) atoms. The number of alkyl halides is 2. The van der Waals surface area contributed by atoms with Crippen LogP contribution in [0.2, 0.25) is 0 Å². The molecule has 0 aliphatic heterocycles. The normalized spacial score (nSPS) is 20.5. The van der Waals surface area contributed by atoms with E-state index in [-0.39, 0.29) is 0 Å². The summed E-state index contributed by atoms with van der Waals surface area (Å²) in [7, 11) is 0. The number of rotatable bonds is 4. The summed E-state index contributed by atoms with van der Waals surface area (Å²) >= 11 is 0. The van der Waals surface area contributed by atoms with Crippen molar-refractivity contribution in [3.05, 3.63) is 18.2 Å². The number of hydrogen-bond acceptors (Lipinski definition) is 2. The van der Waals surface area contributed by atoms with E-state index in [2.05, 4.69) is 24.1 Å². The summed E-state index contributed by atoms with van der Waals surface area (Å²) in [5.74, 6) is 0.412. The largest absolute Gasteiger partial charge is 0.319 e. The highest BCUT2D eigenvalue weighted by atomic mass is 19.3. The highest BCUT2D eigenvalue weighted by Crippen LogP contribution is 2.35. The lowest BCUT2D eigenvalue weighted by molar-refractivity contribution is 0.0662. The summed E-state index contributed by atoms with van der Waals surface area (Å²) in [6.45, 7) is 2.48. The topological polar surface area (TPSA) is 29.9 Å². The van der Waals surface area contributed by atoms with E-state index in [9.17, 15) is 8.78 Å². The summed E-state index contributed by atoms with van der Waals surface area (Å²) in [5, 5.41) is 3.34. The number of imidazole rings is 1. The van der Waals surface area contributed by atoms with Crippen molar-refractivity contribution in [3.63, 3.8) is 0 Å². The number of hydrogen-bond donors (Lipinski definition) is 1. The molecule has 1 aliphatic carbocycles. The van der Waals surface area contributed by atoms with Gasteiger partial charge in [0.25, 0.3) is 0 Å². The van der Waals surface area contributed by atoms with Crippen LogP contribution in [0, 0.1) is 5.41 Å². The molecule has 1 fully saturated rings. The Bertz CT molecular complexity index is 377. The van der Waals surface area contributed by atoms with Gasteiger partial charge < -0.3 is 5.32 Å². The first-order valence-corrected chi connectivity index (χ1v) is 6.51. The minimum Gasteiger partial charge on any atom is -0.307 e. The fourth-order valence-electron chi connectivity index (χ4n) is 2.50. The zero-order chi connectivity index (χ0) is 13.2. The van der Waals surface area contributed by atoms with E-state index >= 15 is 0 Å². The van der Waals surface area contributed by atoms with E-state index in [1.165, 1.54) is 25.2 Å². The maximum atomic E-state index is 12.6. The van der Waals surface area contributed by atoms with Crippen molar-refractivity contribution < 1.29 is 8.78 Å². The number of nitrogens with zero attached hydrogens (tertiary/aromatic N) is 2. The first kappa shape index (κ1) is 13.5. The molecule has 5 heteroatoms. The molecule has 1 aliphatic rings. The SMILES string of the molecule is CC1(C)CCC(NCc2nccn2C(F)F)CC1. The van der Waals surface area contributed by atoms with Gasteiger partial charge in [-0.25, -0.2) is 4.98 Å². The fourth-order valence-corrected chi connectivity index (χ4v) is 2.50. The van der Waals surface area contributed by atoms with Crippen molar-refractivity contribution in [2.75, 3.05) is 0 Å². The van der Waals surface area contributed by atoms with Gasteiger partial charge in [0.2, 0.25) is 0 Å². The summed E-state index contributed by atoms with van der Waals surface area (Å²) in [4.78, 5) is 3.97. The van der Waals surface area contributed by atoms with Crippen LogP contribution in [0.15, 0.2) is 12.4 Å². The number of nitrogens with one attached hydrogen (secondary N) is 1. The van der Waals surface area contributed by atoms with Gasteiger partial charge in [-0.2, -0.15) is 8.78 Å². The maximum Gasteiger partial charge on any atom is 0.319 e. The van der Waals surface area contributed by atoms with Gasteiger partial charge in [-0.15, -0.1) is 0 Å². The molecule has 3 nitrogen and oxygen atoms in total. The molecule has 1 heterocycles. The summed E-state index contributed by atoms with van der Waals surface area (Å²) in [6.07, 6.45) is 7.35. The van der Waals surface area contributed by atoms with Gasteiger partial charge >= 0.3 is 6.55 Å². The molecule has 102 valence electrons. The quantitative estimate of drug-likeness (QED) is 0.896. The van der Waals surface area contributed by atoms with E-state index in [1.807, 2.05) is 0 Å². The Morgan fingerprint density at radius 1 is 1.44 bits per heavy atom. The number of halogens is 2. The monoisotopic (exact) mass is 257 g/mol. The second-order valence-corrected chi connectivity index (χ2v) is 5.85. The maximum absolute atomic E-state index is 12.6. The van der Waals surface area contributed by atoms with Gasteiger partial charge in [-0.05, 0) is 31.1 Å². The Labute approximate surface area is 107 Å². The lowest BCUT2D eigenvalue weighted by Gasteiger charge is -2.34. The Balaban J connectivity index is 1.83. The van der Waals surface area contributed by atoms with Crippen molar-refractivity contribution >= 4 is 0 Å². The Kier molecular flexibility index (Phi) is 4.00. The van der Waals surface area contributed by atoms with Crippen LogP contribution >= 0.6 is 0 Å². The van der Waals surface area contributed by atoms with Crippen LogP contribution in [-0.4, -0.2) is 15.6 Å². The zero-order valence-corrected chi connectivity index (χ0v) is 11.0. The molecule has 0 spiro atoms. The van der Waals surface area contributed by atoms with Crippen LogP contribution in [0.4, 0.5) is 8.78 Å². The molecule has 0 saturated heterocycles. The molecule has 1 N–H and O–H groups in total. The molecule has 1 aromatic rings. The van der Waals surface area contributed by atoms with Crippen molar-refractivity contribution in [3.8, 4) is 0 Å². The molecule has 0 amide bonds. The Morgan fingerprint density at radius 2 is 2.11 bits per heavy atom. The van der Waals surface area contributed by atoms with Gasteiger partial charge in [0, 0.05) is 18.4 Å². The predicted octanol–water partition coefficient (Wildman–Crippen LogP) is 3.34. The van der Waals surface area contributed by atoms with Crippen molar-refractivity contribution in [1.82, 2.24) is 14.9 Å². The van der Waals surface area contributed by atoms with E-state index in [0.29, 0.717) is 23.8 Å². The van der Waals surface area contributed by atoms with Crippen LogP contribution in [-0.2, 0) is 6.54 Å². The third kappa shape index (κ3) is 3.28. The number of aromatic nitrogens is 2. The summed E-state index contributed by atoms with van der Waals surface area (Å²) in [6, 6.07) is 0.431. The highest BCUT2D eigenvalue weighted by Gasteiger charge is 2.26. The lowest BCUT2D eigenvalue weighted by Crippen LogP contribution is -2.35. The van der Waals surface area contributed by atoms with Crippen LogP contribution in [0.25, 0.3) is 0 Å². The zero-order valence-electron chi connectivity index (χ0n) is 11.0. The van der Waals surface area contributed by atoms with Gasteiger partial charge in [0.15, 0.2) is 0 Å². The molecule has 0 atom stereocenters. The van der Waals surface area contributed by atoms with Gasteiger partial charge in [0.05, 0.1) is 6.54 Å². The van der Waals surface area contributed by atoms with Crippen molar-refractivity contribution in [2.45, 2.75) is 58.7 Å². The molecule has 1 aromatic heterocycles. The van der Waals surface area contributed by atoms with Crippen LogP contribution in [0.1, 0.15) is 51.9 Å². The van der Waals surface area contributed by atoms with Crippen LogP contribution in [0.5, 0.6) is 0 Å². The third-order valence-corrected chi connectivity index (χ3v) is 3.85. The molecule has 0 radical (unpaired) electrons.